The summed E-state index contributed by atoms with van der Waals surface area (Å²) in [6.45, 7) is 3.85. The summed E-state index contributed by atoms with van der Waals surface area (Å²) >= 11 is 0. The van der Waals surface area contributed by atoms with E-state index < -0.39 is 14.9 Å². The third-order valence-corrected chi connectivity index (χ3v) is 6.06. The van der Waals surface area contributed by atoms with Crippen molar-refractivity contribution in [1.29, 1.82) is 0 Å². The highest BCUT2D eigenvalue weighted by Gasteiger charge is 2.33. The summed E-state index contributed by atoms with van der Waals surface area (Å²) in [6, 6.07) is 3.69. The van der Waals surface area contributed by atoms with E-state index in [0.717, 1.165) is 32.0 Å². The monoisotopic (exact) mass is 393 g/mol. The molecule has 1 aromatic rings. The van der Waals surface area contributed by atoms with Crippen LogP contribution in [0.4, 0.5) is 5.69 Å². The topological polar surface area (TPSA) is 102 Å². The number of nitro benzene ring substituents is 1. The molecule has 0 aliphatic carbocycles. The minimum absolute atomic E-state index is 0. The summed E-state index contributed by atoms with van der Waals surface area (Å²) in [5.41, 5.74) is -0.347. The third kappa shape index (κ3) is 4.81. The normalized spacial score (nSPS) is 15.6. The second-order valence-electron chi connectivity index (χ2n) is 5.69. The van der Waals surface area contributed by atoms with Crippen LogP contribution in [0.1, 0.15) is 26.2 Å². The van der Waals surface area contributed by atoms with E-state index in [9.17, 15) is 18.5 Å². The summed E-state index contributed by atoms with van der Waals surface area (Å²) in [5.74, 6) is 0.0443. The van der Waals surface area contributed by atoms with Gasteiger partial charge in [0.25, 0.3) is 0 Å². The van der Waals surface area contributed by atoms with Gasteiger partial charge in [0, 0.05) is 18.7 Å². The Kier molecular flexibility index (Phi) is 8.07. The Labute approximate surface area is 154 Å². The maximum atomic E-state index is 13.0. The summed E-state index contributed by atoms with van der Waals surface area (Å²) in [6.07, 6.45) is 2.15. The molecule has 142 valence electrons. The lowest BCUT2D eigenvalue weighted by Crippen LogP contribution is -2.46. The zero-order valence-electron chi connectivity index (χ0n) is 14.3. The number of sulfonamides is 1. The minimum Gasteiger partial charge on any atom is -0.490 e. The SMILES string of the molecule is CCCN(C1CCNCC1)S(=O)(=O)c1ccc(OC)c([N+](=O)[O-])c1.Cl. The van der Waals surface area contributed by atoms with E-state index in [1.165, 1.54) is 23.5 Å². The number of rotatable bonds is 7. The van der Waals surface area contributed by atoms with E-state index in [1.54, 1.807) is 0 Å². The van der Waals surface area contributed by atoms with Crippen molar-refractivity contribution in [3.05, 3.63) is 28.3 Å². The molecule has 0 radical (unpaired) electrons. The van der Waals surface area contributed by atoms with E-state index in [-0.39, 0.29) is 34.8 Å². The van der Waals surface area contributed by atoms with Gasteiger partial charge in [-0.15, -0.1) is 12.4 Å². The minimum atomic E-state index is -3.80. The molecule has 1 N–H and O–H groups in total. The van der Waals surface area contributed by atoms with Crippen molar-refractivity contribution >= 4 is 28.1 Å². The highest BCUT2D eigenvalue weighted by atomic mass is 35.5. The predicted octanol–water partition coefficient (Wildman–Crippen LogP) is 2.18. The van der Waals surface area contributed by atoms with Crippen LogP contribution in [0.3, 0.4) is 0 Å². The molecule has 25 heavy (non-hydrogen) atoms. The van der Waals surface area contributed by atoms with Crippen molar-refractivity contribution in [3.8, 4) is 5.75 Å². The van der Waals surface area contributed by atoms with Gasteiger partial charge in [-0.3, -0.25) is 10.1 Å². The Hall–Kier alpha value is -1.42. The van der Waals surface area contributed by atoms with Crippen molar-refractivity contribution in [2.45, 2.75) is 37.1 Å². The van der Waals surface area contributed by atoms with Gasteiger partial charge in [-0.1, -0.05) is 6.92 Å². The first kappa shape index (κ1) is 21.6. The third-order valence-electron chi connectivity index (χ3n) is 4.11. The van der Waals surface area contributed by atoms with Crippen LogP contribution >= 0.6 is 12.4 Å². The molecule has 1 fully saturated rings. The van der Waals surface area contributed by atoms with Crippen LogP contribution in [-0.4, -0.2) is 50.4 Å². The van der Waals surface area contributed by atoms with Crippen LogP contribution in [0.5, 0.6) is 5.75 Å². The highest BCUT2D eigenvalue weighted by Crippen LogP contribution is 2.31. The number of nitrogens with one attached hydrogen (secondary N) is 1. The van der Waals surface area contributed by atoms with Gasteiger partial charge in [-0.2, -0.15) is 4.31 Å². The van der Waals surface area contributed by atoms with Gasteiger partial charge < -0.3 is 10.1 Å². The van der Waals surface area contributed by atoms with Gasteiger partial charge in [0.05, 0.1) is 16.9 Å². The summed E-state index contributed by atoms with van der Waals surface area (Å²) in [5, 5.41) is 14.4. The Bertz CT molecular complexity index is 692. The van der Waals surface area contributed by atoms with Crippen molar-refractivity contribution in [1.82, 2.24) is 9.62 Å². The molecule has 0 amide bonds. The number of benzene rings is 1. The molecule has 0 spiro atoms. The summed E-state index contributed by atoms with van der Waals surface area (Å²) in [4.78, 5) is 10.5. The average Bonchev–Trinajstić information content (AvgIpc) is 2.59. The first-order valence-electron chi connectivity index (χ1n) is 7.96. The number of hydrogen-bond donors (Lipinski definition) is 1. The van der Waals surface area contributed by atoms with Crippen molar-refractivity contribution in [2.24, 2.45) is 0 Å². The van der Waals surface area contributed by atoms with E-state index in [2.05, 4.69) is 5.32 Å². The fourth-order valence-electron chi connectivity index (χ4n) is 2.92. The highest BCUT2D eigenvalue weighted by molar-refractivity contribution is 7.89. The number of methoxy groups -OCH3 is 1. The summed E-state index contributed by atoms with van der Waals surface area (Å²) < 4.78 is 32.5. The average molecular weight is 394 g/mol. The lowest BCUT2D eigenvalue weighted by molar-refractivity contribution is -0.386. The van der Waals surface area contributed by atoms with Crippen molar-refractivity contribution in [3.63, 3.8) is 0 Å². The van der Waals surface area contributed by atoms with Gasteiger partial charge in [-0.25, -0.2) is 8.42 Å². The van der Waals surface area contributed by atoms with Crippen LogP contribution in [0, 0.1) is 10.1 Å². The van der Waals surface area contributed by atoms with E-state index >= 15 is 0 Å². The zero-order valence-corrected chi connectivity index (χ0v) is 15.9. The molecule has 8 nitrogen and oxygen atoms in total. The van der Waals surface area contributed by atoms with Crippen molar-refractivity contribution in [2.75, 3.05) is 26.7 Å². The summed E-state index contributed by atoms with van der Waals surface area (Å²) in [7, 11) is -2.48. The smallest absolute Gasteiger partial charge is 0.312 e. The van der Waals surface area contributed by atoms with E-state index in [4.69, 9.17) is 4.74 Å². The van der Waals surface area contributed by atoms with Gasteiger partial charge in [-0.05, 0) is 44.5 Å². The van der Waals surface area contributed by atoms with E-state index in [0.29, 0.717) is 13.0 Å². The van der Waals surface area contributed by atoms with E-state index in [1.807, 2.05) is 6.92 Å². The zero-order chi connectivity index (χ0) is 17.7. The molecule has 1 saturated heterocycles. The van der Waals surface area contributed by atoms with Crippen LogP contribution in [-0.2, 0) is 10.0 Å². The Morgan fingerprint density at radius 1 is 1.36 bits per heavy atom. The molecule has 1 heterocycles. The molecule has 0 aromatic heterocycles. The lowest BCUT2D eigenvalue weighted by atomic mass is 10.1. The second-order valence-corrected chi connectivity index (χ2v) is 7.58. The van der Waals surface area contributed by atoms with Gasteiger partial charge in [0.1, 0.15) is 0 Å². The molecule has 10 heteroatoms. The molecular formula is C15H24ClN3O5S. The molecule has 0 bridgehead atoms. The number of nitrogens with zero attached hydrogens (tertiary/aromatic N) is 2. The first-order valence-corrected chi connectivity index (χ1v) is 9.40. The molecule has 0 unspecified atom stereocenters. The molecule has 1 aliphatic heterocycles. The Morgan fingerprint density at radius 2 is 2.00 bits per heavy atom. The van der Waals surface area contributed by atoms with Crippen LogP contribution in [0.15, 0.2) is 23.1 Å². The molecule has 1 aromatic carbocycles. The molecule has 0 atom stereocenters. The Morgan fingerprint density at radius 3 is 2.52 bits per heavy atom. The Balaban J connectivity index is 0.00000312. The molecule has 2 rings (SSSR count). The van der Waals surface area contributed by atoms with Gasteiger partial charge in [0.2, 0.25) is 10.0 Å². The lowest BCUT2D eigenvalue weighted by Gasteiger charge is -2.33. The first-order chi connectivity index (χ1) is 11.4. The number of halogens is 1. The maximum Gasteiger partial charge on any atom is 0.312 e. The molecule has 0 saturated carbocycles. The van der Waals surface area contributed by atoms with Gasteiger partial charge in [0.15, 0.2) is 5.75 Å². The van der Waals surface area contributed by atoms with Crippen LogP contribution in [0.2, 0.25) is 0 Å². The second kappa shape index (κ2) is 9.33. The number of piperidine rings is 1. The predicted molar refractivity (Wildman–Crippen MR) is 97.0 cm³/mol. The van der Waals surface area contributed by atoms with Crippen LogP contribution < -0.4 is 10.1 Å². The fraction of sp³-hybridized carbons (Fsp3) is 0.600. The molecule has 1 aliphatic rings. The van der Waals surface area contributed by atoms with Gasteiger partial charge >= 0.3 is 5.69 Å². The number of nitro groups is 1. The quantitative estimate of drug-likeness (QED) is 0.562. The largest absolute Gasteiger partial charge is 0.490 e. The standard InChI is InChI=1S/C15H23N3O5S.ClH/c1-3-10-17(12-6-8-16-9-7-12)24(21,22)13-4-5-15(23-2)14(11-13)18(19)20;/h4-5,11-12,16H,3,6-10H2,1-2H3;1H. The fourth-order valence-corrected chi connectivity index (χ4v) is 4.72. The molecular weight excluding hydrogens is 370 g/mol. The number of hydrogen-bond acceptors (Lipinski definition) is 6. The van der Waals surface area contributed by atoms with Crippen molar-refractivity contribution < 1.29 is 18.1 Å². The maximum absolute atomic E-state index is 13.0. The number of ether oxygens (including phenoxy) is 1. The van der Waals surface area contributed by atoms with Crippen LogP contribution in [0.25, 0.3) is 0 Å².